The Bertz CT molecular complexity index is 999. The van der Waals surface area contributed by atoms with E-state index in [-0.39, 0.29) is 30.2 Å². The number of carbonyl (C=O) groups is 2. The molecule has 2 aromatic carbocycles. The van der Waals surface area contributed by atoms with Gasteiger partial charge in [0.05, 0.1) is 22.2 Å². The molecule has 1 N–H and O–H groups in total. The smallest absolute Gasteiger partial charge is 0.231 e. The topological polar surface area (TPSA) is 62.3 Å². The van der Waals surface area contributed by atoms with Crippen molar-refractivity contribution in [2.24, 2.45) is 5.92 Å². The van der Waals surface area contributed by atoms with Crippen molar-refractivity contribution in [2.45, 2.75) is 26.3 Å². The lowest BCUT2D eigenvalue weighted by atomic mass is 10.1. The van der Waals surface area contributed by atoms with Crippen LogP contribution in [0.1, 0.15) is 30.5 Å². The number of aryl methyl sites for hydroxylation is 1. The second kappa shape index (κ2) is 7.12. The van der Waals surface area contributed by atoms with Crippen molar-refractivity contribution >= 4 is 38.5 Å². The summed E-state index contributed by atoms with van der Waals surface area (Å²) in [6.45, 7) is 4.45. The Labute approximate surface area is 162 Å². The average molecular weight is 379 g/mol. The van der Waals surface area contributed by atoms with E-state index >= 15 is 0 Å². The van der Waals surface area contributed by atoms with Gasteiger partial charge in [-0.15, -0.1) is 0 Å². The van der Waals surface area contributed by atoms with Crippen molar-refractivity contribution in [3.63, 3.8) is 0 Å². The first-order valence-electron chi connectivity index (χ1n) is 9.04. The number of aromatic nitrogens is 1. The molecular weight excluding hydrogens is 358 g/mol. The predicted octanol–water partition coefficient (Wildman–Crippen LogP) is 4.15. The van der Waals surface area contributed by atoms with Gasteiger partial charge in [-0.05, 0) is 31.0 Å². The van der Waals surface area contributed by atoms with Crippen molar-refractivity contribution in [1.82, 2.24) is 9.88 Å². The molecule has 0 saturated carbocycles. The van der Waals surface area contributed by atoms with Crippen LogP contribution in [0.4, 0.5) is 5.13 Å². The Morgan fingerprint density at radius 1 is 1.22 bits per heavy atom. The summed E-state index contributed by atoms with van der Waals surface area (Å²) in [5.41, 5.74) is 3.08. The quantitative estimate of drug-likeness (QED) is 0.741. The van der Waals surface area contributed by atoms with E-state index in [9.17, 15) is 9.59 Å². The number of carbonyl (C=O) groups excluding carboxylic acids is 2. The van der Waals surface area contributed by atoms with Gasteiger partial charge < -0.3 is 10.2 Å². The Morgan fingerprint density at radius 2 is 2.00 bits per heavy atom. The molecule has 0 spiro atoms. The average Bonchev–Trinajstić information content (AvgIpc) is 3.26. The van der Waals surface area contributed by atoms with E-state index in [1.165, 1.54) is 11.3 Å². The highest BCUT2D eigenvalue weighted by atomic mass is 32.1. The van der Waals surface area contributed by atoms with Crippen molar-refractivity contribution < 1.29 is 9.59 Å². The van der Waals surface area contributed by atoms with E-state index in [0.717, 1.165) is 21.3 Å². The standard InChI is InChI=1S/C21H21N3O2S/c1-13-7-6-10-17-19(13)22-21(27-17)23-20(26)16-11-18(25)24(12-16)14(2)15-8-4-3-5-9-15/h3-10,14,16H,11-12H2,1-2H3,(H,22,23,26)/t14-,16-/m1/s1. The fourth-order valence-electron chi connectivity index (χ4n) is 3.54. The Hall–Kier alpha value is -2.73. The van der Waals surface area contributed by atoms with Gasteiger partial charge in [0, 0.05) is 13.0 Å². The Kier molecular flexibility index (Phi) is 4.66. The number of nitrogens with one attached hydrogen (secondary N) is 1. The summed E-state index contributed by atoms with van der Waals surface area (Å²) in [6.07, 6.45) is 0.243. The molecule has 0 aliphatic carbocycles. The number of rotatable bonds is 4. The number of para-hydroxylation sites is 1. The molecular formula is C21H21N3O2S. The van der Waals surface area contributed by atoms with Crippen LogP contribution in [0.5, 0.6) is 0 Å². The van der Waals surface area contributed by atoms with Crippen molar-refractivity contribution in [1.29, 1.82) is 0 Å². The van der Waals surface area contributed by atoms with Crippen LogP contribution in [0, 0.1) is 12.8 Å². The summed E-state index contributed by atoms with van der Waals surface area (Å²) in [6, 6.07) is 15.9. The lowest BCUT2D eigenvalue weighted by Gasteiger charge is -2.25. The summed E-state index contributed by atoms with van der Waals surface area (Å²) >= 11 is 1.46. The number of amides is 2. The molecule has 1 aliphatic rings. The number of nitrogens with zero attached hydrogens (tertiary/aromatic N) is 2. The monoisotopic (exact) mass is 379 g/mol. The zero-order valence-electron chi connectivity index (χ0n) is 15.3. The molecule has 1 aliphatic heterocycles. The molecule has 1 saturated heterocycles. The summed E-state index contributed by atoms with van der Waals surface area (Å²) in [5.74, 6) is -0.466. The van der Waals surface area contributed by atoms with Gasteiger partial charge in [0.1, 0.15) is 0 Å². The van der Waals surface area contributed by atoms with Crippen LogP contribution in [-0.4, -0.2) is 28.2 Å². The lowest BCUT2D eigenvalue weighted by Crippen LogP contribution is -2.30. The first-order chi connectivity index (χ1) is 13.0. The summed E-state index contributed by atoms with van der Waals surface area (Å²) in [7, 11) is 0. The molecule has 5 nitrogen and oxygen atoms in total. The van der Waals surface area contributed by atoms with Crippen LogP contribution in [0.3, 0.4) is 0 Å². The number of thiazole rings is 1. The number of anilines is 1. The molecule has 3 aromatic rings. The largest absolute Gasteiger partial charge is 0.335 e. The van der Waals surface area contributed by atoms with E-state index in [2.05, 4.69) is 10.3 Å². The molecule has 138 valence electrons. The highest BCUT2D eigenvalue weighted by Crippen LogP contribution is 2.31. The second-order valence-corrected chi connectivity index (χ2v) is 7.99. The van der Waals surface area contributed by atoms with Crippen LogP contribution >= 0.6 is 11.3 Å². The number of fused-ring (bicyclic) bond motifs is 1. The van der Waals surface area contributed by atoms with E-state index in [1.807, 2.05) is 62.4 Å². The fourth-order valence-corrected chi connectivity index (χ4v) is 4.49. The normalized spacial score (nSPS) is 18.1. The van der Waals surface area contributed by atoms with Crippen molar-refractivity contribution in [3.8, 4) is 0 Å². The fraction of sp³-hybridized carbons (Fsp3) is 0.286. The van der Waals surface area contributed by atoms with Crippen molar-refractivity contribution in [3.05, 3.63) is 59.7 Å². The summed E-state index contributed by atoms with van der Waals surface area (Å²) < 4.78 is 1.05. The molecule has 2 atom stereocenters. The van der Waals surface area contributed by atoms with Crippen LogP contribution in [0.2, 0.25) is 0 Å². The molecule has 2 heterocycles. The predicted molar refractivity (Wildman–Crippen MR) is 108 cm³/mol. The van der Waals surface area contributed by atoms with Gasteiger partial charge in [-0.1, -0.05) is 53.8 Å². The highest BCUT2D eigenvalue weighted by molar-refractivity contribution is 7.22. The van der Waals surface area contributed by atoms with Gasteiger partial charge >= 0.3 is 0 Å². The summed E-state index contributed by atoms with van der Waals surface area (Å²) in [5, 5.41) is 3.50. The minimum Gasteiger partial charge on any atom is -0.335 e. The van der Waals surface area contributed by atoms with Gasteiger partial charge in [-0.2, -0.15) is 0 Å². The molecule has 1 fully saturated rings. The maximum atomic E-state index is 12.7. The van der Waals surface area contributed by atoms with Gasteiger partial charge in [0.25, 0.3) is 0 Å². The van der Waals surface area contributed by atoms with Crippen LogP contribution in [0.25, 0.3) is 10.2 Å². The minimum atomic E-state index is -0.350. The van der Waals surface area contributed by atoms with Crippen LogP contribution in [-0.2, 0) is 9.59 Å². The van der Waals surface area contributed by atoms with Gasteiger partial charge in [0.15, 0.2) is 5.13 Å². The molecule has 1 aromatic heterocycles. The van der Waals surface area contributed by atoms with E-state index in [0.29, 0.717) is 11.7 Å². The SMILES string of the molecule is Cc1cccc2sc(NC(=O)[C@@H]3CC(=O)N([C@H](C)c4ccccc4)C3)nc12. The maximum absolute atomic E-state index is 12.7. The van der Waals surface area contributed by atoms with E-state index in [1.54, 1.807) is 4.90 Å². The summed E-state index contributed by atoms with van der Waals surface area (Å²) in [4.78, 5) is 31.5. The molecule has 0 radical (unpaired) electrons. The van der Waals surface area contributed by atoms with E-state index < -0.39 is 0 Å². The molecule has 6 heteroatoms. The number of likely N-dealkylation sites (tertiary alicyclic amines) is 1. The highest BCUT2D eigenvalue weighted by Gasteiger charge is 2.37. The van der Waals surface area contributed by atoms with Gasteiger partial charge in [-0.25, -0.2) is 4.98 Å². The first-order valence-corrected chi connectivity index (χ1v) is 9.86. The number of hydrogen-bond acceptors (Lipinski definition) is 4. The molecule has 2 amide bonds. The maximum Gasteiger partial charge on any atom is 0.231 e. The first kappa shape index (κ1) is 17.7. The Balaban J connectivity index is 1.46. The number of benzene rings is 2. The van der Waals surface area contributed by atoms with E-state index in [4.69, 9.17) is 0 Å². The molecule has 4 rings (SSSR count). The zero-order valence-corrected chi connectivity index (χ0v) is 16.1. The number of hydrogen-bond donors (Lipinski definition) is 1. The Morgan fingerprint density at radius 3 is 2.74 bits per heavy atom. The zero-order chi connectivity index (χ0) is 19.0. The third-order valence-electron chi connectivity index (χ3n) is 5.13. The molecule has 0 bridgehead atoms. The van der Waals surface area contributed by atoms with Crippen LogP contribution < -0.4 is 5.32 Å². The lowest BCUT2D eigenvalue weighted by molar-refractivity contribution is -0.129. The van der Waals surface area contributed by atoms with Gasteiger partial charge in [-0.3, -0.25) is 9.59 Å². The van der Waals surface area contributed by atoms with Gasteiger partial charge in [0.2, 0.25) is 11.8 Å². The molecule has 0 unspecified atom stereocenters. The second-order valence-electron chi connectivity index (χ2n) is 6.96. The van der Waals surface area contributed by atoms with Crippen molar-refractivity contribution in [2.75, 3.05) is 11.9 Å². The third-order valence-corrected chi connectivity index (χ3v) is 6.07. The third kappa shape index (κ3) is 3.45. The molecule has 27 heavy (non-hydrogen) atoms. The minimum absolute atomic E-state index is 0.0200. The van der Waals surface area contributed by atoms with Crippen LogP contribution in [0.15, 0.2) is 48.5 Å².